The number of carbonyl (C=O) groups is 2. The highest BCUT2D eigenvalue weighted by Crippen LogP contribution is 2.30. The van der Waals surface area contributed by atoms with Gasteiger partial charge < -0.3 is 5.11 Å². The van der Waals surface area contributed by atoms with Crippen LogP contribution < -0.4 is 0 Å². The lowest BCUT2D eigenvalue weighted by molar-refractivity contribution is -0.143. The Morgan fingerprint density at radius 3 is 2.48 bits per heavy atom. The number of benzene rings is 2. The third-order valence-corrected chi connectivity index (χ3v) is 5.44. The summed E-state index contributed by atoms with van der Waals surface area (Å²) in [5.74, 6) is -1.82. The van der Waals surface area contributed by atoms with Crippen LogP contribution in [-0.2, 0) is 22.4 Å². The minimum atomic E-state index is -0.956. The van der Waals surface area contributed by atoms with Gasteiger partial charge in [0.1, 0.15) is 10.8 Å². The molecule has 0 aliphatic carbocycles. The Morgan fingerprint density at radius 1 is 1.07 bits per heavy atom. The van der Waals surface area contributed by atoms with Gasteiger partial charge >= 0.3 is 5.97 Å². The summed E-state index contributed by atoms with van der Waals surface area (Å²) in [6.45, 7) is 0. The molecule has 138 valence electrons. The molecule has 0 fully saturated rings. The Bertz CT molecular complexity index is 939. The van der Waals surface area contributed by atoms with E-state index in [2.05, 4.69) is 4.98 Å². The van der Waals surface area contributed by atoms with E-state index >= 15 is 0 Å². The fourth-order valence-electron chi connectivity index (χ4n) is 2.84. The molecule has 0 aliphatic heterocycles. The van der Waals surface area contributed by atoms with Crippen molar-refractivity contribution in [2.75, 3.05) is 0 Å². The van der Waals surface area contributed by atoms with Gasteiger partial charge in [-0.05, 0) is 18.1 Å². The van der Waals surface area contributed by atoms with Gasteiger partial charge in [0.2, 0.25) is 0 Å². The smallest absolute Gasteiger partial charge is 0.307 e. The van der Waals surface area contributed by atoms with Crippen LogP contribution in [0.4, 0.5) is 0 Å². The fraction of sp³-hybridized carbons (Fsp3) is 0.190. The molecule has 2 aromatic carbocycles. The van der Waals surface area contributed by atoms with Crippen LogP contribution in [0.1, 0.15) is 17.7 Å². The molecule has 0 spiro atoms. The van der Waals surface area contributed by atoms with E-state index in [0.29, 0.717) is 17.1 Å². The molecule has 0 unspecified atom stereocenters. The molecule has 1 aromatic heterocycles. The van der Waals surface area contributed by atoms with Crippen LogP contribution >= 0.6 is 22.9 Å². The standard InChI is InChI=1S/C21H18ClNO3S/c22-19-9-5-4-8-18(19)20-23-16(13-27-20)12-17(24)11-15(21(25)26)10-14-6-2-1-3-7-14/h1-9,13,15H,10-12H2,(H,25,26)/t15-/m1/s1. The summed E-state index contributed by atoms with van der Waals surface area (Å²) in [5.41, 5.74) is 2.38. The van der Waals surface area contributed by atoms with E-state index in [4.69, 9.17) is 11.6 Å². The first kappa shape index (κ1) is 19.3. The number of hydrogen-bond donors (Lipinski definition) is 1. The third-order valence-electron chi connectivity index (χ3n) is 4.18. The minimum Gasteiger partial charge on any atom is -0.481 e. The zero-order valence-corrected chi connectivity index (χ0v) is 16.0. The Kier molecular flexibility index (Phi) is 6.37. The van der Waals surface area contributed by atoms with Gasteiger partial charge in [-0.2, -0.15) is 0 Å². The predicted octanol–water partition coefficient (Wildman–Crippen LogP) is 4.91. The summed E-state index contributed by atoms with van der Waals surface area (Å²) in [6, 6.07) is 16.8. The molecule has 27 heavy (non-hydrogen) atoms. The molecule has 1 N–H and O–H groups in total. The van der Waals surface area contributed by atoms with E-state index in [-0.39, 0.29) is 18.6 Å². The van der Waals surface area contributed by atoms with Gasteiger partial charge in [0.05, 0.1) is 16.6 Å². The van der Waals surface area contributed by atoms with Gasteiger partial charge in [0.15, 0.2) is 0 Å². The second-order valence-corrected chi connectivity index (χ2v) is 7.53. The molecule has 3 aromatic rings. The maximum Gasteiger partial charge on any atom is 0.307 e. The number of carboxylic acid groups (broad SMARTS) is 1. The molecule has 6 heteroatoms. The van der Waals surface area contributed by atoms with E-state index in [1.54, 1.807) is 6.07 Å². The van der Waals surface area contributed by atoms with Crippen LogP contribution in [0.25, 0.3) is 10.6 Å². The number of thiazole rings is 1. The van der Waals surface area contributed by atoms with Gasteiger partial charge in [-0.1, -0.05) is 60.1 Å². The van der Waals surface area contributed by atoms with E-state index < -0.39 is 11.9 Å². The van der Waals surface area contributed by atoms with Gasteiger partial charge in [0, 0.05) is 23.8 Å². The van der Waals surface area contributed by atoms with Crippen molar-refractivity contribution in [1.29, 1.82) is 0 Å². The Labute approximate surface area is 166 Å². The third kappa shape index (κ3) is 5.25. The first-order chi connectivity index (χ1) is 13.0. The molecule has 0 aliphatic rings. The van der Waals surface area contributed by atoms with Crippen LogP contribution in [0.5, 0.6) is 0 Å². The lowest BCUT2D eigenvalue weighted by Crippen LogP contribution is -2.21. The topological polar surface area (TPSA) is 67.3 Å². The SMILES string of the molecule is O=C(Cc1csc(-c2ccccc2Cl)n1)C[C@@H](Cc1ccccc1)C(=O)O. The summed E-state index contributed by atoms with van der Waals surface area (Å²) in [4.78, 5) is 28.4. The van der Waals surface area contributed by atoms with E-state index in [1.807, 2.05) is 53.9 Å². The first-order valence-electron chi connectivity index (χ1n) is 8.50. The molecule has 0 bridgehead atoms. The number of carboxylic acids is 1. The van der Waals surface area contributed by atoms with Crippen molar-refractivity contribution in [2.24, 2.45) is 5.92 Å². The number of hydrogen-bond acceptors (Lipinski definition) is 4. The van der Waals surface area contributed by atoms with Crippen molar-refractivity contribution < 1.29 is 14.7 Å². The summed E-state index contributed by atoms with van der Waals surface area (Å²) in [6.07, 6.45) is 0.451. The Balaban J connectivity index is 1.64. The lowest BCUT2D eigenvalue weighted by Gasteiger charge is -2.11. The maximum atomic E-state index is 12.4. The molecular formula is C21H18ClNO3S. The normalized spacial score (nSPS) is 11.9. The predicted molar refractivity (Wildman–Crippen MR) is 107 cm³/mol. The molecule has 0 saturated heterocycles. The lowest BCUT2D eigenvalue weighted by atomic mass is 9.93. The Morgan fingerprint density at radius 2 is 1.78 bits per heavy atom. The molecule has 0 radical (unpaired) electrons. The van der Waals surface area contributed by atoms with Gasteiger partial charge in [-0.15, -0.1) is 11.3 Å². The average Bonchev–Trinajstić information content (AvgIpc) is 3.10. The number of carbonyl (C=O) groups excluding carboxylic acids is 1. The van der Waals surface area contributed by atoms with Crippen molar-refractivity contribution in [3.63, 3.8) is 0 Å². The molecule has 1 atom stereocenters. The molecule has 3 rings (SSSR count). The summed E-state index contributed by atoms with van der Waals surface area (Å²) in [7, 11) is 0. The van der Waals surface area contributed by atoms with Crippen LogP contribution in [0.15, 0.2) is 60.0 Å². The highest BCUT2D eigenvalue weighted by Gasteiger charge is 2.22. The number of Topliss-reactive ketones (excluding diaryl/α,β-unsaturated/α-hetero) is 1. The number of aliphatic carboxylic acids is 1. The van der Waals surface area contributed by atoms with Gasteiger partial charge in [-0.25, -0.2) is 4.98 Å². The second-order valence-electron chi connectivity index (χ2n) is 6.27. The van der Waals surface area contributed by atoms with Crippen LogP contribution in [0.3, 0.4) is 0 Å². The summed E-state index contributed by atoms with van der Waals surface area (Å²) < 4.78 is 0. The number of nitrogens with zero attached hydrogens (tertiary/aromatic N) is 1. The summed E-state index contributed by atoms with van der Waals surface area (Å²) >= 11 is 7.61. The first-order valence-corrected chi connectivity index (χ1v) is 9.76. The van der Waals surface area contributed by atoms with E-state index in [1.165, 1.54) is 11.3 Å². The van der Waals surface area contributed by atoms with Crippen LogP contribution in [0, 0.1) is 5.92 Å². The number of halogens is 1. The minimum absolute atomic E-state index is 0.0107. The van der Waals surface area contributed by atoms with Crippen molar-refractivity contribution >= 4 is 34.7 Å². The van der Waals surface area contributed by atoms with E-state index in [0.717, 1.165) is 16.1 Å². The quantitative estimate of drug-likeness (QED) is 0.584. The van der Waals surface area contributed by atoms with Crippen LogP contribution in [-0.4, -0.2) is 21.8 Å². The monoisotopic (exact) mass is 399 g/mol. The number of rotatable bonds is 8. The average molecular weight is 400 g/mol. The van der Waals surface area contributed by atoms with Crippen LogP contribution in [0.2, 0.25) is 5.02 Å². The van der Waals surface area contributed by atoms with E-state index in [9.17, 15) is 14.7 Å². The highest BCUT2D eigenvalue weighted by atomic mass is 35.5. The fourth-order valence-corrected chi connectivity index (χ4v) is 3.98. The number of ketones is 1. The molecule has 4 nitrogen and oxygen atoms in total. The van der Waals surface area contributed by atoms with Crippen molar-refractivity contribution in [3.8, 4) is 10.6 Å². The molecule has 0 amide bonds. The largest absolute Gasteiger partial charge is 0.481 e. The molecule has 0 saturated carbocycles. The second kappa shape index (κ2) is 8.93. The van der Waals surface area contributed by atoms with Gasteiger partial charge in [0.25, 0.3) is 0 Å². The van der Waals surface area contributed by atoms with Crippen molar-refractivity contribution in [3.05, 3.63) is 76.3 Å². The number of aromatic nitrogens is 1. The Hall–Kier alpha value is -2.50. The molecule has 1 heterocycles. The zero-order valence-electron chi connectivity index (χ0n) is 14.5. The maximum absolute atomic E-state index is 12.4. The van der Waals surface area contributed by atoms with Gasteiger partial charge in [-0.3, -0.25) is 9.59 Å². The van der Waals surface area contributed by atoms with Crippen molar-refractivity contribution in [1.82, 2.24) is 4.98 Å². The summed E-state index contributed by atoms with van der Waals surface area (Å²) in [5, 5.41) is 12.6. The highest BCUT2D eigenvalue weighted by molar-refractivity contribution is 7.13. The van der Waals surface area contributed by atoms with Crippen molar-refractivity contribution in [2.45, 2.75) is 19.3 Å². The molecular weight excluding hydrogens is 382 g/mol. The zero-order chi connectivity index (χ0) is 19.2.